The van der Waals surface area contributed by atoms with Crippen molar-refractivity contribution in [3.8, 4) is 0 Å². The van der Waals surface area contributed by atoms with Crippen LogP contribution in [0.4, 0.5) is 11.8 Å². The van der Waals surface area contributed by atoms with Crippen molar-refractivity contribution in [1.82, 2.24) is 9.97 Å². The van der Waals surface area contributed by atoms with Gasteiger partial charge in [-0.1, -0.05) is 12.8 Å². The van der Waals surface area contributed by atoms with E-state index in [9.17, 15) is 0 Å². The lowest BCUT2D eigenvalue weighted by atomic mass is 10.2. The predicted octanol–water partition coefficient (Wildman–Crippen LogP) is 2.51. The molecule has 0 saturated carbocycles. The quantitative estimate of drug-likeness (QED) is 0.861. The van der Waals surface area contributed by atoms with Crippen LogP contribution >= 0.6 is 15.9 Å². The topological polar surface area (TPSA) is 55.0 Å². The first-order chi connectivity index (χ1) is 7.68. The molecule has 0 aromatic carbocycles. The van der Waals surface area contributed by atoms with Gasteiger partial charge in [0, 0.05) is 13.1 Å². The fourth-order valence-electron chi connectivity index (χ4n) is 1.98. The third-order valence-corrected chi connectivity index (χ3v) is 3.90. The molecule has 1 aliphatic heterocycles. The Kier molecular flexibility index (Phi) is 3.63. The molecular weight excluding hydrogens is 268 g/mol. The SMILES string of the molecule is Cc1nc(N2CCCCCC2)nc(N)c1Br. The molecule has 16 heavy (non-hydrogen) atoms. The van der Waals surface area contributed by atoms with Gasteiger partial charge in [-0.25, -0.2) is 4.98 Å². The second-order valence-corrected chi connectivity index (χ2v) is 5.00. The third-order valence-electron chi connectivity index (χ3n) is 2.92. The van der Waals surface area contributed by atoms with Crippen molar-refractivity contribution in [3.05, 3.63) is 10.2 Å². The van der Waals surface area contributed by atoms with E-state index in [4.69, 9.17) is 5.73 Å². The van der Waals surface area contributed by atoms with Gasteiger partial charge in [0.25, 0.3) is 0 Å². The number of nitrogens with zero attached hydrogens (tertiary/aromatic N) is 3. The molecule has 0 bridgehead atoms. The third kappa shape index (κ3) is 2.45. The molecule has 1 aliphatic rings. The molecule has 0 unspecified atom stereocenters. The van der Waals surface area contributed by atoms with Gasteiger partial charge in [-0.2, -0.15) is 4.98 Å². The van der Waals surface area contributed by atoms with Crippen molar-refractivity contribution in [3.63, 3.8) is 0 Å². The van der Waals surface area contributed by atoms with Crippen LogP contribution in [0.1, 0.15) is 31.4 Å². The summed E-state index contributed by atoms with van der Waals surface area (Å²) in [6.07, 6.45) is 5.06. The normalized spacial score (nSPS) is 17.2. The van der Waals surface area contributed by atoms with E-state index >= 15 is 0 Å². The Bertz CT molecular complexity index is 349. The van der Waals surface area contributed by atoms with E-state index in [1.54, 1.807) is 0 Å². The summed E-state index contributed by atoms with van der Waals surface area (Å²) in [5.41, 5.74) is 6.75. The number of nitrogens with two attached hydrogens (primary N) is 1. The monoisotopic (exact) mass is 284 g/mol. The number of hydrogen-bond donors (Lipinski definition) is 1. The van der Waals surface area contributed by atoms with Gasteiger partial charge in [0.15, 0.2) is 0 Å². The second kappa shape index (κ2) is 4.99. The standard InChI is InChI=1S/C11H17BrN4/c1-8-9(12)10(13)15-11(14-8)16-6-4-2-3-5-7-16/h2-7H2,1H3,(H2,13,14,15). The number of aromatic nitrogens is 2. The molecule has 0 aliphatic carbocycles. The Morgan fingerprint density at radius 3 is 2.31 bits per heavy atom. The van der Waals surface area contributed by atoms with Crippen LogP contribution in [0.3, 0.4) is 0 Å². The van der Waals surface area contributed by atoms with E-state index in [0.717, 1.165) is 29.2 Å². The maximum absolute atomic E-state index is 5.84. The van der Waals surface area contributed by atoms with E-state index in [1.807, 2.05) is 6.92 Å². The van der Waals surface area contributed by atoms with Crippen LogP contribution in [-0.4, -0.2) is 23.1 Å². The first kappa shape index (κ1) is 11.6. The summed E-state index contributed by atoms with van der Waals surface area (Å²) in [4.78, 5) is 11.1. The molecule has 1 aromatic heterocycles. The molecule has 2 N–H and O–H groups in total. The molecule has 5 heteroatoms. The van der Waals surface area contributed by atoms with E-state index in [-0.39, 0.29) is 0 Å². The van der Waals surface area contributed by atoms with Crippen molar-refractivity contribution in [2.24, 2.45) is 0 Å². The van der Waals surface area contributed by atoms with Gasteiger partial charge in [0.2, 0.25) is 5.95 Å². The number of rotatable bonds is 1. The number of anilines is 2. The van der Waals surface area contributed by atoms with Crippen molar-refractivity contribution in [1.29, 1.82) is 0 Å². The lowest BCUT2D eigenvalue weighted by Crippen LogP contribution is -2.26. The largest absolute Gasteiger partial charge is 0.383 e. The Hall–Kier alpha value is -0.840. The highest BCUT2D eigenvalue weighted by Gasteiger charge is 2.14. The average Bonchev–Trinajstić information content (AvgIpc) is 2.53. The molecule has 1 fully saturated rings. The lowest BCUT2D eigenvalue weighted by molar-refractivity contribution is 0.726. The molecule has 0 atom stereocenters. The average molecular weight is 285 g/mol. The highest BCUT2D eigenvalue weighted by atomic mass is 79.9. The van der Waals surface area contributed by atoms with Crippen molar-refractivity contribution >= 4 is 27.7 Å². The second-order valence-electron chi connectivity index (χ2n) is 4.21. The molecule has 1 aromatic rings. The molecule has 88 valence electrons. The molecule has 2 rings (SSSR count). The Morgan fingerprint density at radius 1 is 1.12 bits per heavy atom. The zero-order chi connectivity index (χ0) is 11.5. The van der Waals surface area contributed by atoms with E-state index in [2.05, 4.69) is 30.8 Å². The van der Waals surface area contributed by atoms with Crippen LogP contribution < -0.4 is 10.6 Å². The minimum Gasteiger partial charge on any atom is -0.383 e. The van der Waals surface area contributed by atoms with Crippen LogP contribution in [0.25, 0.3) is 0 Å². The van der Waals surface area contributed by atoms with E-state index < -0.39 is 0 Å². The molecule has 0 radical (unpaired) electrons. The van der Waals surface area contributed by atoms with Gasteiger partial charge in [-0.3, -0.25) is 0 Å². The van der Waals surface area contributed by atoms with Crippen LogP contribution in [-0.2, 0) is 0 Å². The Balaban J connectivity index is 2.25. The number of halogens is 1. The summed E-state index contributed by atoms with van der Waals surface area (Å²) < 4.78 is 0.811. The summed E-state index contributed by atoms with van der Waals surface area (Å²) >= 11 is 3.38. The Morgan fingerprint density at radius 2 is 1.75 bits per heavy atom. The fourth-order valence-corrected chi connectivity index (χ4v) is 2.16. The van der Waals surface area contributed by atoms with Gasteiger partial charge in [-0.15, -0.1) is 0 Å². The molecule has 4 nitrogen and oxygen atoms in total. The van der Waals surface area contributed by atoms with Gasteiger partial charge in [0.1, 0.15) is 5.82 Å². The maximum atomic E-state index is 5.84. The minimum absolute atomic E-state index is 0.534. The van der Waals surface area contributed by atoms with Crippen molar-refractivity contribution in [2.45, 2.75) is 32.6 Å². The zero-order valence-corrected chi connectivity index (χ0v) is 11.1. The van der Waals surface area contributed by atoms with Gasteiger partial charge < -0.3 is 10.6 Å². The number of nitrogen functional groups attached to an aromatic ring is 1. The molecular formula is C11H17BrN4. The van der Waals surface area contributed by atoms with Gasteiger partial charge in [0.05, 0.1) is 10.2 Å². The maximum Gasteiger partial charge on any atom is 0.227 e. The van der Waals surface area contributed by atoms with Crippen molar-refractivity contribution in [2.75, 3.05) is 23.7 Å². The summed E-state index contributed by atoms with van der Waals surface area (Å²) in [5, 5.41) is 0. The van der Waals surface area contributed by atoms with Crippen LogP contribution in [0.5, 0.6) is 0 Å². The zero-order valence-electron chi connectivity index (χ0n) is 9.54. The molecule has 1 saturated heterocycles. The molecule has 0 spiro atoms. The first-order valence-electron chi connectivity index (χ1n) is 5.73. The fraction of sp³-hybridized carbons (Fsp3) is 0.636. The van der Waals surface area contributed by atoms with Crippen LogP contribution in [0.15, 0.2) is 4.47 Å². The number of hydrogen-bond acceptors (Lipinski definition) is 4. The Labute approximate surface area is 104 Å². The highest BCUT2D eigenvalue weighted by molar-refractivity contribution is 9.10. The highest BCUT2D eigenvalue weighted by Crippen LogP contribution is 2.24. The lowest BCUT2D eigenvalue weighted by Gasteiger charge is -2.21. The van der Waals surface area contributed by atoms with Crippen LogP contribution in [0.2, 0.25) is 0 Å². The minimum atomic E-state index is 0.534. The first-order valence-corrected chi connectivity index (χ1v) is 6.52. The summed E-state index contributed by atoms with van der Waals surface area (Å²) in [6.45, 7) is 4.03. The molecule has 2 heterocycles. The van der Waals surface area contributed by atoms with Gasteiger partial charge >= 0.3 is 0 Å². The van der Waals surface area contributed by atoms with Gasteiger partial charge in [-0.05, 0) is 35.7 Å². The molecule has 0 amide bonds. The van der Waals surface area contributed by atoms with E-state index in [1.165, 1.54) is 25.7 Å². The van der Waals surface area contributed by atoms with E-state index in [0.29, 0.717) is 5.82 Å². The summed E-state index contributed by atoms with van der Waals surface area (Å²) in [7, 11) is 0. The summed E-state index contributed by atoms with van der Waals surface area (Å²) in [5.74, 6) is 1.31. The predicted molar refractivity (Wildman–Crippen MR) is 69.6 cm³/mol. The van der Waals surface area contributed by atoms with Crippen LogP contribution in [0, 0.1) is 6.92 Å². The van der Waals surface area contributed by atoms with Crippen molar-refractivity contribution < 1.29 is 0 Å². The number of aryl methyl sites for hydroxylation is 1. The summed E-state index contributed by atoms with van der Waals surface area (Å²) in [6, 6.07) is 0. The smallest absolute Gasteiger partial charge is 0.227 e.